The Morgan fingerprint density at radius 3 is 2.45 bits per heavy atom. The fraction of sp³-hybridized carbons (Fsp3) is 0.333. The number of hydrogen-bond donors (Lipinski definition) is 1. The molecule has 0 spiro atoms. The topological polar surface area (TPSA) is 71.8 Å². The highest BCUT2D eigenvalue weighted by Gasteiger charge is 2.26. The Hall–Kier alpha value is -2.64. The highest BCUT2D eigenvalue weighted by molar-refractivity contribution is 9.10. The summed E-state index contributed by atoms with van der Waals surface area (Å²) < 4.78 is 12.4. The number of amides is 2. The second-order valence-electron chi connectivity index (χ2n) is 8.04. The molecule has 2 atom stereocenters. The maximum absolute atomic E-state index is 12.8. The van der Waals surface area contributed by atoms with Crippen molar-refractivity contribution in [3.63, 3.8) is 0 Å². The molecule has 2 amide bonds. The number of rotatable bonds is 4. The lowest BCUT2D eigenvalue weighted by molar-refractivity contribution is -0.0586. The molecule has 6 nitrogen and oxygen atoms in total. The zero-order valence-electron chi connectivity index (χ0n) is 17.8. The summed E-state index contributed by atoms with van der Waals surface area (Å²) in [5.41, 5.74) is 3.03. The predicted octanol–water partition coefficient (Wildman–Crippen LogP) is 4.68. The van der Waals surface area contributed by atoms with Gasteiger partial charge in [0.15, 0.2) is 5.76 Å². The zero-order valence-corrected chi connectivity index (χ0v) is 19.4. The van der Waals surface area contributed by atoms with E-state index in [2.05, 4.69) is 21.2 Å². The van der Waals surface area contributed by atoms with E-state index in [9.17, 15) is 9.59 Å². The molecule has 1 aliphatic heterocycles. The van der Waals surface area contributed by atoms with Crippen molar-refractivity contribution in [3.05, 3.63) is 69.4 Å². The number of carbonyl (C=O) groups excluding carboxylic acids is 2. The van der Waals surface area contributed by atoms with Gasteiger partial charge in [0, 0.05) is 40.6 Å². The van der Waals surface area contributed by atoms with Gasteiger partial charge in [-0.05, 0) is 56.7 Å². The van der Waals surface area contributed by atoms with Crippen LogP contribution >= 0.6 is 15.9 Å². The third-order valence-corrected chi connectivity index (χ3v) is 5.96. The maximum Gasteiger partial charge on any atom is 0.287 e. The molecule has 0 aliphatic carbocycles. The van der Waals surface area contributed by atoms with E-state index in [-0.39, 0.29) is 24.0 Å². The lowest BCUT2D eigenvalue weighted by Crippen LogP contribution is -2.48. The fourth-order valence-electron chi connectivity index (χ4n) is 3.96. The molecule has 0 bridgehead atoms. The number of halogens is 1. The Morgan fingerprint density at radius 1 is 1.10 bits per heavy atom. The molecule has 1 fully saturated rings. The SMILES string of the molecule is Cc1c(C(=O)NCc2ccc(C(=O)N3CC(C)OC(C)C3)cc2)oc2ccc(Br)cc12. The van der Waals surface area contributed by atoms with Crippen LogP contribution in [0, 0.1) is 6.92 Å². The van der Waals surface area contributed by atoms with Crippen LogP contribution < -0.4 is 5.32 Å². The van der Waals surface area contributed by atoms with Gasteiger partial charge in [-0.25, -0.2) is 0 Å². The molecular formula is C24H25BrN2O4. The van der Waals surface area contributed by atoms with E-state index in [1.54, 1.807) is 12.1 Å². The van der Waals surface area contributed by atoms with Gasteiger partial charge in [0.25, 0.3) is 11.8 Å². The van der Waals surface area contributed by atoms with E-state index in [1.807, 2.05) is 56.0 Å². The highest BCUT2D eigenvalue weighted by atomic mass is 79.9. The second-order valence-corrected chi connectivity index (χ2v) is 8.96. The molecular weight excluding hydrogens is 460 g/mol. The molecule has 0 saturated carbocycles. The molecule has 4 rings (SSSR count). The van der Waals surface area contributed by atoms with Gasteiger partial charge in [-0.2, -0.15) is 0 Å². The van der Waals surface area contributed by atoms with Gasteiger partial charge in [-0.3, -0.25) is 9.59 Å². The molecule has 2 heterocycles. The van der Waals surface area contributed by atoms with Gasteiger partial charge in [0.1, 0.15) is 5.58 Å². The monoisotopic (exact) mass is 484 g/mol. The summed E-state index contributed by atoms with van der Waals surface area (Å²) in [4.78, 5) is 27.3. The first kappa shape index (κ1) is 21.6. The average molecular weight is 485 g/mol. The average Bonchev–Trinajstić information content (AvgIpc) is 3.07. The smallest absolute Gasteiger partial charge is 0.287 e. The molecule has 162 valence electrons. The molecule has 1 aromatic heterocycles. The number of nitrogens with zero attached hydrogens (tertiary/aromatic N) is 1. The van der Waals surface area contributed by atoms with Crippen LogP contribution in [0.5, 0.6) is 0 Å². The summed E-state index contributed by atoms with van der Waals surface area (Å²) in [6, 6.07) is 13.0. The van der Waals surface area contributed by atoms with E-state index in [1.165, 1.54) is 0 Å². The standard InChI is InChI=1S/C24H25BrN2O4/c1-14-12-27(13-15(2)30-14)24(29)18-6-4-17(5-7-18)11-26-23(28)22-16(3)20-10-19(25)8-9-21(20)31-22/h4-10,14-15H,11-13H2,1-3H3,(H,26,28). The quantitative estimate of drug-likeness (QED) is 0.583. The van der Waals surface area contributed by atoms with E-state index in [0.29, 0.717) is 36.5 Å². The van der Waals surface area contributed by atoms with Crippen LogP contribution in [-0.4, -0.2) is 42.0 Å². The van der Waals surface area contributed by atoms with E-state index < -0.39 is 0 Å². The van der Waals surface area contributed by atoms with E-state index in [4.69, 9.17) is 9.15 Å². The number of morpholine rings is 1. The van der Waals surface area contributed by atoms with Gasteiger partial charge in [0.2, 0.25) is 0 Å². The largest absolute Gasteiger partial charge is 0.451 e. The molecule has 0 radical (unpaired) electrons. The summed E-state index contributed by atoms with van der Waals surface area (Å²) in [7, 11) is 0. The number of benzene rings is 2. The lowest BCUT2D eigenvalue weighted by Gasteiger charge is -2.35. The Labute approximate surface area is 189 Å². The molecule has 2 aromatic carbocycles. The molecule has 31 heavy (non-hydrogen) atoms. The fourth-order valence-corrected chi connectivity index (χ4v) is 4.32. The third kappa shape index (κ3) is 4.67. The van der Waals surface area contributed by atoms with Gasteiger partial charge >= 0.3 is 0 Å². The van der Waals surface area contributed by atoms with E-state index in [0.717, 1.165) is 21.0 Å². The van der Waals surface area contributed by atoms with Crippen molar-refractivity contribution in [2.75, 3.05) is 13.1 Å². The summed E-state index contributed by atoms with van der Waals surface area (Å²) in [5, 5.41) is 3.81. The number of carbonyl (C=O) groups is 2. The summed E-state index contributed by atoms with van der Waals surface area (Å²) in [6.45, 7) is 7.36. The molecule has 1 aliphatic rings. The molecule has 3 aromatic rings. The Balaban J connectivity index is 1.40. The number of hydrogen-bond acceptors (Lipinski definition) is 4. The summed E-state index contributed by atoms with van der Waals surface area (Å²) in [5.74, 6) is 0.0540. The number of aryl methyl sites for hydroxylation is 1. The minimum atomic E-state index is -0.263. The first-order chi connectivity index (χ1) is 14.8. The first-order valence-corrected chi connectivity index (χ1v) is 11.1. The van der Waals surface area contributed by atoms with Crippen molar-refractivity contribution >= 4 is 38.7 Å². The van der Waals surface area contributed by atoms with Crippen molar-refractivity contribution in [2.45, 2.75) is 39.5 Å². The Bertz CT molecular complexity index is 1110. The number of furan rings is 1. The predicted molar refractivity (Wildman–Crippen MR) is 122 cm³/mol. The number of nitrogens with one attached hydrogen (secondary N) is 1. The van der Waals surface area contributed by atoms with Gasteiger partial charge in [-0.1, -0.05) is 28.1 Å². The highest BCUT2D eigenvalue weighted by Crippen LogP contribution is 2.28. The molecule has 2 unspecified atom stereocenters. The van der Waals surface area contributed by atoms with Crippen LogP contribution in [0.3, 0.4) is 0 Å². The maximum atomic E-state index is 12.8. The van der Waals surface area contributed by atoms with Crippen LogP contribution in [0.25, 0.3) is 11.0 Å². The molecule has 1 N–H and O–H groups in total. The Kier molecular flexibility index (Phi) is 6.16. The summed E-state index contributed by atoms with van der Waals surface area (Å²) >= 11 is 3.45. The lowest BCUT2D eigenvalue weighted by atomic mass is 10.1. The molecule has 1 saturated heterocycles. The third-order valence-electron chi connectivity index (χ3n) is 5.47. The van der Waals surface area contributed by atoms with Crippen LogP contribution in [0.15, 0.2) is 51.4 Å². The van der Waals surface area contributed by atoms with Crippen molar-refractivity contribution in [2.24, 2.45) is 0 Å². The van der Waals surface area contributed by atoms with Crippen LogP contribution in [0.4, 0.5) is 0 Å². The summed E-state index contributed by atoms with van der Waals surface area (Å²) in [6.07, 6.45) is 0.0648. The van der Waals surface area contributed by atoms with Crippen molar-refractivity contribution in [1.29, 1.82) is 0 Å². The second kappa shape index (κ2) is 8.85. The Morgan fingerprint density at radius 2 is 1.77 bits per heavy atom. The minimum absolute atomic E-state index is 0.00152. The van der Waals surface area contributed by atoms with Crippen molar-refractivity contribution < 1.29 is 18.7 Å². The van der Waals surface area contributed by atoms with E-state index >= 15 is 0 Å². The first-order valence-electron chi connectivity index (χ1n) is 10.3. The zero-order chi connectivity index (χ0) is 22.1. The van der Waals surface area contributed by atoms with Gasteiger partial charge in [-0.15, -0.1) is 0 Å². The van der Waals surface area contributed by atoms with Crippen LogP contribution in [0.2, 0.25) is 0 Å². The minimum Gasteiger partial charge on any atom is -0.451 e. The van der Waals surface area contributed by atoms with Crippen LogP contribution in [-0.2, 0) is 11.3 Å². The number of fused-ring (bicyclic) bond motifs is 1. The normalized spacial score (nSPS) is 18.9. The molecule has 7 heteroatoms. The van der Waals surface area contributed by atoms with Crippen molar-refractivity contribution in [3.8, 4) is 0 Å². The number of ether oxygens (including phenoxy) is 1. The van der Waals surface area contributed by atoms with Crippen LogP contribution in [0.1, 0.15) is 45.9 Å². The van der Waals surface area contributed by atoms with Crippen molar-refractivity contribution in [1.82, 2.24) is 10.2 Å². The van der Waals surface area contributed by atoms with Gasteiger partial charge < -0.3 is 19.4 Å². The van der Waals surface area contributed by atoms with Gasteiger partial charge in [0.05, 0.1) is 12.2 Å².